The fourth-order valence-corrected chi connectivity index (χ4v) is 5.05. The lowest BCUT2D eigenvalue weighted by Crippen LogP contribution is -2.46. The highest BCUT2D eigenvalue weighted by molar-refractivity contribution is 6.33. The van der Waals surface area contributed by atoms with Crippen molar-refractivity contribution in [2.45, 2.75) is 19.3 Å². The van der Waals surface area contributed by atoms with Crippen LogP contribution >= 0.6 is 11.6 Å². The molecule has 0 bridgehead atoms. The summed E-state index contributed by atoms with van der Waals surface area (Å²) in [5, 5.41) is 10.9. The molecular formula is C28H28ClN7O2. The first-order valence-corrected chi connectivity index (χ1v) is 13.0. The van der Waals surface area contributed by atoms with E-state index in [1.807, 2.05) is 30.3 Å². The number of hydrogen-bond acceptors (Lipinski definition) is 7. The fourth-order valence-electron chi connectivity index (χ4n) is 4.76. The van der Waals surface area contributed by atoms with Crippen LogP contribution in [0.3, 0.4) is 0 Å². The highest BCUT2D eigenvalue weighted by atomic mass is 35.5. The number of anilines is 1. The predicted molar refractivity (Wildman–Crippen MR) is 147 cm³/mol. The number of amides is 1. The number of primary amides is 1. The highest BCUT2D eigenvalue weighted by Crippen LogP contribution is 2.32. The number of aryl methyl sites for hydroxylation is 1. The lowest BCUT2D eigenvalue weighted by Gasteiger charge is -2.36. The maximum absolute atomic E-state index is 11.3. The number of nitriles is 1. The molecule has 10 heteroatoms. The van der Waals surface area contributed by atoms with Gasteiger partial charge in [-0.1, -0.05) is 11.6 Å². The average molecular weight is 530 g/mol. The van der Waals surface area contributed by atoms with Crippen LogP contribution in [0.4, 0.5) is 5.69 Å². The Morgan fingerprint density at radius 2 is 1.97 bits per heavy atom. The van der Waals surface area contributed by atoms with Gasteiger partial charge in [-0.15, -0.1) is 0 Å². The van der Waals surface area contributed by atoms with Gasteiger partial charge in [0, 0.05) is 55.5 Å². The van der Waals surface area contributed by atoms with E-state index in [-0.39, 0.29) is 11.7 Å². The molecule has 2 aromatic heterocycles. The maximum atomic E-state index is 11.3. The summed E-state index contributed by atoms with van der Waals surface area (Å²) in [6, 6.07) is 15.0. The van der Waals surface area contributed by atoms with Crippen molar-refractivity contribution in [1.82, 2.24) is 19.9 Å². The Morgan fingerprint density at radius 3 is 2.74 bits per heavy atom. The van der Waals surface area contributed by atoms with Gasteiger partial charge in [-0.2, -0.15) is 10.2 Å². The van der Waals surface area contributed by atoms with E-state index in [0.29, 0.717) is 16.3 Å². The zero-order valence-corrected chi connectivity index (χ0v) is 21.6. The number of H-pyrrole nitrogens is 1. The van der Waals surface area contributed by atoms with Crippen molar-refractivity contribution in [2.24, 2.45) is 5.73 Å². The van der Waals surface area contributed by atoms with Crippen LogP contribution in [0.1, 0.15) is 34.5 Å². The first-order valence-electron chi connectivity index (χ1n) is 12.6. The smallest absolute Gasteiger partial charge is 0.322 e. The number of piperazine rings is 1. The number of nitrogens with zero attached hydrogens (tertiary/aromatic N) is 5. The van der Waals surface area contributed by atoms with E-state index in [1.54, 1.807) is 6.07 Å². The van der Waals surface area contributed by atoms with Crippen LogP contribution in [0.5, 0.6) is 11.8 Å². The fraction of sp³-hybridized carbons (Fsp3) is 0.286. The number of unbranched alkanes of at least 4 members (excludes halogenated alkanes) is 1. The molecular weight excluding hydrogens is 502 g/mol. The summed E-state index contributed by atoms with van der Waals surface area (Å²) in [7, 11) is 0. The minimum Gasteiger partial charge on any atom is -0.424 e. The first-order chi connectivity index (χ1) is 18.5. The van der Waals surface area contributed by atoms with Gasteiger partial charge in [0.05, 0.1) is 22.3 Å². The van der Waals surface area contributed by atoms with Crippen LogP contribution in [0.25, 0.3) is 10.9 Å². The average Bonchev–Trinajstić information content (AvgIpc) is 3.34. The van der Waals surface area contributed by atoms with Crippen molar-refractivity contribution >= 4 is 34.1 Å². The van der Waals surface area contributed by atoms with Crippen LogP contribution in [0.15, 0.2) is 54.9 Å². The zero-order valence-electron chi connectivity index (χ0n) is 20.9. The van der Waals surface area contributed by atoms with Gasteiger partial charge in [0.1, 0.15) is 11.4 Å². The van der Waals surface area contributed by atoms with E-state index in [4.69, 9.17) is 22.1 Å². The van der Waals surface area contributed by atoms with Gasteiger partial charge in [0.25, 0.3) is 5.91 Å². The molecule has 0 unspecified atom stereocenters. The minimum absolute atomic E-state index is 0.0374. The van der Waals surface area contributed by atoms with Crippen molar-refractivity contribution in [2.75, 3.05) is 37.6 Å². The summed E-state index contributed by atoms with van der Waals surface area (Å²) in [5.74, 6) is -0.160. The molecule has 1 aliphatic rings. The van der Waals surface area contributed by atoms with Gasteiger partial charge in [-0.05, 0) is 67.8 Å². The number of benzene rings is 2. The van der Waals surface area contributed by atoms with Crippen molar-refractivity contribution in [1.29, 1.82) is 5.26 Å². The summed E-state index contributed by atoms with van der Waals surface area (Å²) < 4.78 is 5.67. The molecule has 1 aliphatic heterocycles. The van der Waals surface area contributed by atoms with E-state index in [2.05, 4.69) is 37.0 Å². The van der Waals surface area contributed by atoms with Gasteiger partial charge in [-0.25, -0.2) is 4.98 Å². The predicted octanol–water partition coefficient (Wildman–Crippen LogP) is 4.52. The minimum atomic E-state index is -0.644. The number of halogens is 1. The number of nitrogens with one attached hydrogen (secondary N) is 1. The van der Waals surface area contributed by atoms with E-state index in [0.717, 1.165) is 68.6 Å². The van der Waals surface area contributed by atoms with E-state index >= 15 is 0 Å². The molecule has 1 amide bonds. The van der Waals surface area contributed by atoms with Crippen molar-refractivity contribution in [3.8, 4) is 17.8 Å². The summed E-state index contributed by atoms with van der Waals surface area (Å²) in [5.41, 5.74) is 9.37. The number of carbonyl (C=O) groups is 1. The third-order valence-electron chi connectivity index (χ3n) is 6.79. The molecule has 2 aromatic carbocycles. The first kappa shape index (κ1) is 25.5. The summed E-state index contributed by atoms with van der Waals surface area (Å²) in [4.78, 5) is 27.4. The van der Waals surface area contributed by atoms with Crippen molar-refractivity contribution < 1.29 is 9.53 Å². The Labute approximate surface area is 225 Å². The second-order valence-electron chi connectivity index (χ2n) is 9.28. The molecule has 194 valence electrons. The topological polar surface area (TPSA) is 124 Å². The molecule has 4 aromatic rings. The lowest BCUT2D eigenvalue weighted by molar-refractivity contribution is 0.0994. The van der Waals surface area contributed by atoms with Crippen LogP contribution in [-0.2, 0) is 6.42 Å². The number of aromatic amines is 1. The van der Waals surface area contributed by atoms with Crippen molar-refractivity contribution in [3.05, 3.63) is 76.7 Å². The van der Waals surface area contributed by atoms with Gasteiger partial charge in [0.2, 0.25) is 0 Å². The molecule has 1 fully saturated rings. The van der Waals surface area contributed by atoms with Crippen LogP contribution in [-0.4, -0.2) is 58.5 Å². The largest absolute Gasteiger partial charge is 0.424 e. The Hall–Kier alpha value is -4.13. The molecule has 0 aliphatic carbocycles. The number of fused-ring (bicyclic) bond motifs is 1. The molecule has 9 nitrogen and oxygen atoms in total. The Balaban J connectivity index is 1.09. The number of hydrogen-bond donors (Lipinski definition) is 2. The van der Waals surface area contributed by atoms with E-state index in [9.17, 15) is 10.1 Å². The SMILES string of the molecule is N#Cc1ccc2[nH]cc(CCCCN3CCN(c4ccc(Oc5nccc(C(N)=O)n5)cc4Cl)CC3)c2c1. The Bertz CT molecular complexity index is 1490. The number of nitrogens with two attached hydrogens (primary N) is 1. The van der Waals surface area contributed by atoms with Crippen molar-refractivity contribution in [3.63, 3.8) is 0 Å². The highest BCUT2D eigenvalue weighted by Gasteiger charge is 2.19. The van der Waals surface area contributed by atoms with Crippen LogP contribution in [0.2, 0.25) is 5.02 Å². The molecule has 3 heterocycles. The molecule has 1 saturated heterocycles. The van der Waals surface area contributed by atoms with Gasteiger partial charge < -0.3 is 20.4 Å². The molecule has 3 N–H and O–H groups in total. The quantitative estimate of drug-likeness (QED) is 0.305. The summed E-state index contributed by atoms with van der Waals surface area (Å²) >= 11 is 6.59. The second-order valence-corrected chi connectivity index (χ2v) is 9.68. The van der Waals surface area contributed by atoms with E-state index in [1.165, 1.54) is 17.8 Å². The monoisotopic (exact) mass is 529 g/mol. The summed E-state index contributed by atoms with van der Waals surface area (Å²) in [6.07, 6.45) is 6.71. The molecule has 0 saturated carbocycles. The number of rotatable bonds is 9. The Morgan fingerprint density at radius 1 is 1.13 bits per heavy atom. The van der Waals surface area contributed by atoms with Gasteiger partial charge >= 0.3 is 6.01 Å². The third kappa shape index (κ3) is 5.88. The normalized spacial score (nSPS) is 13.9. The standard InChI is InChI=1S/C28H28ClN7O2/c29-23-16-21(38-28-32-9-8-25(34-28)27(31)37)5-7-26(23)36-13-11-35(12-14-36)10-2-1-3-20-18-33-24-6-4-19(17-30)15-22(20)24/h4-9,15-16,18,33H,1-3,10-14H2,(H2,31,37). The number of carbonyl (C=O) groups excluding carboxylic acids is 1. The Kier molecular flexibility index (Phi) is 7.73. The molecule has 0 spiro atoms. The van der Waals surface area contributed by atoms with Gasteiger partial charge in [-0.3, -0.25) is 9.69 Å². The van der Waals surface area contributed by atoms with Gasteiger partial charge in [0.15, 0.2) is 0 Å². The van der Waals surface area contributed by atoms with Crippen LogP contribution in [0, 0.1) is 11.3 Å². The zero-order chi connectivity index (χ0) is 26.5. The lowest BCUT2D eigenvalue weighted by atomic mass is 10.1. The summed E-state index contributed by atoms with van der Waals surface area (Å²) in [6.45, 7) is 4.79. The molecule has 38 heavy (non-hydrogen) atoms. The van der Waals surface area contributed by atoms with Crippen LogP contribution < -0.4 is 15.4 Å². The molecule has 0 atom stereocenters. The third-order valence-corrected chi connectivity index (χ3v) is 7.10. The molecule has 0 radical (unpaired) electrons. The number of ether oxygens (including phenoxy) is 1. The molecule has 5 rings (SSSR count). The van der Waals surface area contributed by atoms with E-state index < -0.39 is 5.91 Å². The number of aromatic nitrogens is 3. The second kappa shape index (κ2) is 11.5. The maximum Gasteiger partial charge on any atom is 0.322 e.